The number of benzene rings is 1. The van der Waals surface area contributed by atoms with Crippen LogP contribution in [0.5, 0.6) is 0 Å². The topological polar surface area (TPSA) is 171 Å². The molecule has 0 aromatic heterocycles. The van der Waals surface area contributed by atoms with E-state index < -0.39 is 90.0 Å². The first kappa shape index (κ1) is 34.2. The van der Waals surface area contributed by atoms with Crippen molar-refractivity contribution in [2.24, 2.45) is 11.7 Å². The Morgan fingerprint density at radius 3 is 2.30 bits per heavy atom. The number of nitrogens with zero attached hydrogens (tertiary/aromatic N) is 3. The third kappa shape index (κ3) is 7.55. The average molecular weight is 661 g/mol. The Balaban J connectivity index is 1.43. The van der Waals surface area contributed by atoms with E-state index in [9.17, 15) is 37.5 Å². The Labute approximate surface area is 271 Å². The van der Waals surface area contributed by atoms with Crippen LogP contribution in [0.25, 0.3) is 0 Å². The van der Waals surface area contributed by atoms with E-state index in [0.717, 1.165) is 12.1 Å². The number of hydrogen-bond donors (Lipinski definition) is 3. The highest BCUT2D eigenvalue weighted by Gasteiger charge is 2.45. The van der Waals surface area contributed by atoms with Crippen LogP contribution in [0.4, 0.5) is 8.78 Å². The van der Waals surface area contributed by atoms with Crippen LogP contribution in [-0.2, 0) is 39.9 Å². The third-order valence-corrected chi connectivity index (χ3v) is 9.43. The lowest BCUT2D eigenvalue weighted by Crippen LogP contribution is -2.61. The highest BCUT2D eigenvalue weighted by molar-refractivity contribution is 5.97. The molecule has 7 atom stereocenters. The molecule has 15 heteroatoms. The molecule has 4 N–H and O–H groups in total. The Bertz CT molecular complexity index is 1410. The number of carbonyl (C=O) groups is 6. The molecular formula is C32H42F2N6O7. The van der Waals surface area contributed by atoms with Crippen LogP contribution in [0.1, 0.15) is 57.9 Å². The van der Waals surface area contributed by atoms with E-state index in [1.807, 2.05) is 6.92 Å². The normalized spacial score (nSPS) is 29.9. The van der Waals surface area contributed by atoms with Gasteiger partial charge < -0.3 is 35.8 Å². The van der Waals surface area contributed by atoms with E-state index in [1.54, 1.807) is 0 Å². The molecule has 4 aliphatic heterocycles. The fourth-order valence-electron chi connectivity index (χ4n) is 7.07. The van der Waals surface area contributed by atoms with Gasteiger partial charge >= 0.3 is 5.97 Å². The van der Waals surface area contributed by atoms with Gasteiger partial charge in [-0.05, 0) is 75.5 Å². The van der Waals surface area contributed by atoms with Gasteiger partial charge in [-0.25, -0.2) is 13.6 Å². The predicted octanol–water partition coefficient (Wildman–Crippen LogP) is -0.01000. The molecule has 0 aliphatic carbocycles. The summed E-state index contributed by atoms with van der Waals surface area (Å²) in [7, 11) is 0. The van der Waals surface area contributed by atoms with Crippen molar-refractivity contribution in [3.05, 3.63) is 35.4 Å². The summed E-state index contributed by atoms with van der Waals surface area (Å²) in [6, 6.07) is -3.72. The molecule has 0 spiro atoms. The van der Waals surface area contributed by atoms with Crippen LogP contribution in [0.2, 0.25) is 0 Å². The number of rotatable bonds is 4. The average Bonchev–Trinajstić information content (AvgIpc) is 3.68. The second kappa shape index (κ2) is 14.3. The van der Waals surface area contributed by atoms with Crippen molar-refractivity contribution in [2.75, 3.05) is 26.2 Å². The van der Waals surface area contributed by atoms with Crippen molar-refractivity contribution in [2.45, 2.75) is 95.0 Å². The number of nitrogens with two attached hydrogens (primary N) is 1. The molecule has 1 aromatic carbocycles. The molecule has 1 aromatic rings. The molecular weight excluding hydrogens is 618 g/mol. The minimum atomic E-state index is -1.45. The van der Waals surface area contributed by atoms with E-state index >= 15 is 0 Å². The first-order valence-corrected chi connectivity index (χ1v) is 16.2. The number of halogens is 2. The summed E-state index contributed by atoms with van der Waals surface area (Å²) in [5.41, 5.74) is 6.20. The molecule has 0 radical (unpaired) electrons. The molecule has 5 rings (SSSR count). The van der Waals surface area contributed by atoms with Gasteiger partial charge in [-0.2, -0.15) is 0 Å². The Kier molecular flexibility index (Phi) is 10.4. The minimum Gasteiger partial charge on any atom is -0.461 e. The number of fused-ring (bicyclic) bond motifs is 3. The Hall–Kier alpha value is -4.14. The lowest BCUT2D eigenvalue weighted by atomic mass is 9.99. The number of ether oxygens (including phenoxy) is 1. The molecule has 47 heavy (non-hydrogen) atoms. The molecule has 4 aliphatic rings. The van der Waals surface area contributed by atoms with Crippen LogP contribution in [0.15, 0.2) is 18.2 Å². The van der Waals surface area contributed by atoms with Gasteiger partial charge in [-0.15, -0.1) is 0 Å². The summed E-state index contributed by atoms with van der Waals surface area (Å²) < 4.78 is 33.1. The molecule has 4 saturated heterocycles. The van der Waals surface area contributed by atoms with E-state index in [1.165, 1.54) is 21.6 Å². The minimum absolute atomic E-state index is 0.0545. The van der Waals surface area contributed by atoms with Crippen LogP contribution in [0, 0.1) is 17.6 Å². The Morgan fingerprint density at radius 2 is 1.57 bits per heavy atom. The lowest BCUT2D eigenvalue weighted by Gasteiger charge is -2.39. The zero-order chi connectivity index (χ0) is 34.0. The molecule has 0 bridgehead atoms. The Morgan fingerprint density at radius 1 is 0.915 bits per heavy atom. The zero-order valence-corrected chi connectivity index (χ0v) is 26.6. The van der Waals surface area contributed by atoms with Crippen molar-refractivity contribution in [1.82, 2.24) is 25.3 Å². The molecule has 13 nitrogen and oxygen atoms in total. The molecule has 5 amide bonds. The predicted molar refractivity (Wildman–Crippen MR) is 162 cm³/mol. The highest BCUT2D eigenvalue weighted by Crippen LogP contribution is 2.28. The van der Waals surface area contributed by atoms with E-state index in [-0.39, 0.29) is 31.0 Å². The number of nitrogens with one attached hydrogen (secondary N) is 2. The highest BCUT2D eigenvalue weighted by atomic mass is 19.1. The fraction of sp³-hybridized carbons (Fsp3) is 0.625. The SMILES string of the molecule is C[C@@H]1C[C@H]2C(=O)OC[C@H](NC(=O)C(N)Cc3cc(F)cc(F)c3)C(=O)N3CCC[C@H]3C(=O)N3CCCC[C@H]3C(=O)N[C@@H](C)C(=O)N2C1. The zero-order valence-electron chi connectivity index (χ0n) is 26.6. The number of cyclic esters (lactones) is 1. The third-order valence-electron chi connectivity index (χ3n) is 9.43. The largest absolute Gasteiger partial charge is 0.461 e. The first-order chi connectivity index (χ1) is 22.3. The fourth-order valence-corrected chi connectivity index (χ4v) is 7.07. The molecule has 4 fully saturated rings. The van der Waals surface area contributed by atoms with E-state index in [4.69, 9.17) is 10.5 Å². The maximum absolute atomic E-state index is 14.0. The molecule has 256 valence electrons. The molecule has 4 heterocycles. The summed E-state index contributed by atoms with van der Waals surface area (Å²) in [5.74, 6) is -5.41. The number of hydrogen-bond acceptors (Lipinski definition) is 8. The molecule has 0 saturated carbocycles. The van der Waals surface area contributed by atoms with E-state index in [0.29, 0.717) is 51.1 Å². The van der Waals surface area contributed by atoms with Gasteiger partial charge in [0, 0.05) is 25.7 Å². The van der Waals surface area contributed by atoms with Crippen LogP contribution in [-0.4, -0.2) is 113 Å². The lowest BCUT2D eigenvalue weighted by molar-refractivity contribution is -0.158. The van der Waals surface area contributed by atoms with E-state index in [2.05, 4.69) is 10.6 Å². The summed E-state index contributed by atoms with van der Waals surface area (Å²) in [6.45, 7) is 3.54. The van der Waals surface area contributed by atoms with Gasteiger partial charge in [0.05, 0.1) is 6.04 Å². The number of esters is 1. The van der Waals surface area contributed by atoms with Gasteiger partial charge in [-0.3, -0.25) is 24.0 Å². The van der Waals surface area contributed by atoms with Crippen molar-refractivity contribution >= 4 is 35.5 Å². The second-order valence-corrected chi connectivity index (χ2v) is 13.1. The van der Waals surface area contributed by atoms with Gasteiger partial charge in [0.1, 0.15) is 48.5 Å². The van der Waals surface area contributed by atoms with Crippen molar-refractivity contribution in [3.63, 3.8) is 0 Å². The van der Waals surface area contributed by atoms with Gasteiger partial charge in [0.25, 0.3) is 0 Å². The standard InChI is InChI=1S/C32H42F2N6O7/c1-17-10-26-32(46)47-16-23(37-27(41)22(35)13-19-11-20(33)14-21(34)12-19)30(44)39-9-5-7-25(39)31(45)38-8-4-3-6-24(38)28(42)36-18(2)29(43)40(26)15-17/h11-12,14,17-18,22-26H,3-10,13,15-16,35H2,1-2H3,(H,36,42)(H,37,41)/t17-,18+,22?,23+,24+,25+,26+/m1/s1. The summed E-state index contributed by atoms with van der Waals surface area (Å²) in [5, 5.41) is 5.27. The molecule has 1 unspecified atom stereocenters. The van der Waals surface area contributed by atoms with Gasteiger partial charge in [0.15, 0.2) is 0 Å². The van der Waals surface area contributed by atoms with Crippen molar-refractivity contribution < 1.29 is 42.3 Å². The maximum atomic E-state index is 14.0. The number of amides is 5. The van der Waals surface area contributed by atoms with Crippen LogP contribution < -0.4 is 16.4 Å². The van der Waals surface area contributed by atoms with Crippen LogP contribution in [0.3, 0.4) is 0 Å². The maximum Gasteiger partial charge on any atom is 0.328 e. The first-order valence-electron chi connectivity index (χ1n) is 16.2. The number of piperidine rings is 1. The summed E-state index contributed by atoms with van der Waals surface area (Å²) >= 11 is 0. The monoisotopic (exact) mass is 660 g/mol. The second-order valence-electron chi connectivity index (χ2n) is 13.1. The summed E-state index contributed by atoms with van der Waals surface area (Å²) in [6.07, 6.45) is 2.61. The van der Waals surface area contributed by atoms with Gasteiger partial charge in [-0.1, -0.05) is 6.92 Å². The van der Waals surface area contributed by atoms with Crippen LogP contribution >= 0.6 is 0 Å². The number of carbonyl (C=O) groups excluding carboxylic acids is 6. The van der Waals surface area contributed by atoms with Crippen molar-refractivity contribution in [1.29, 1.82) is 0 Å². The smallest absolute Gasteiger partial charge is 0.328 e. The van der Waals surface area contributed by atoms with Gasteiger partial charge in [0.2, 0.25) is 29.5 Å². The summed E-state index contributed by atoms with van der Waals surface area (Å²) in [4.78, 5) is 85.8. The van der Waals surface area contributed by atoms with Crippen molar-refractivity contribution in [3.8, 4) is 0 Å². The quantitative estimate of drug-likeness (QED) is 0.379.